The van der Waals surface area contributed by atoms with Gasteiger partial charge in [0.2, 0.25) is 0 Å². The summed E-state index contributed by atoms with van der Waals surface area (Å²) in [5, 5.41) is 0. The molecule has 0 bridgehead atoms. The van der Waals surface area contributed by atoms with E-state index in [0.717, 1.165) is 154 Å². The molecule has 6 unspecified atom stereocenters. The van der Waals surface area contributed by atoms with Crippen LogP contribution in [-0.4, -0.2) is 34.5 Å². The Balaban J connectivity index is 1.09. The molecule has 0 spiro atoms. The van der Waals surface area contributed by atoms with E-state index < -0.39 is 0 Å². The third-order valence-electron chi connectivity index (χ3n) is 22.7. The molecule has 98 heavy (non-hydrogen) atoms. The molecule has 1 aliphatic heterocycles. The average molecular weight is 1470 g/mol. The minimum absolute atomic E-state index is 0.207. The van der Waals surface area contributed by atoms with Crippen LogP contribution in [0.2, 0.25) is 0 Å². The number of aldehydes is 2. The maximum absolute atomic E-state index is 12.7. The Labute approximate surface area is 619 Å². The van der Waals surface area contributed by atoms with Crippen molar-refractivity contribution >= 4 is 126 Å². The smallest absolute Gasteiger partial charge is 0.160 e. The summed E-state index contributed by atoms with van der Waals surface area (Å²) < 4.78 is 35.2. The van der Waals surface area contributed by atoms with Gasteiger partial charge in [0.15, 0.2) is 12.6 Å². The molecule has 0 radical (unpaired) electrons. The van der Waals surface area contributed by atoms with Gasteiger partial charge < -0.3 is 9.47 Å². The SMILES string of the molecule is CCCCC(CC)COc1cc(C=O)sc1-c1cc2c(s1)-c1sc(-c3c4c(c(-c5cc6c(s5)-c5sc(-c7sc(C=O)cc7OCC(CC)CCCC)cc5C6(CC(CC)CCCC)CC(CC)CCCC)c5nsnc35)N=S=N4)cc1C2(CC(CC)CCCC)CC(CC)CCCC. The van der Waals surface area contributed by atoms with Gasteiger partial charge in [0, 0.05) is 73.1 Å². The summed E-state index contributed by atoms with van der Waals surface area (Å²) in [6.45, 7) is 29.5. The van der Waals surface area contributed by atoms with Crippen LogP contribution in [0.3, 0.4) is 0 Å². The summed E-state index contributed by atoms with van der Waals surface area (Å²) in [6, 6.07) is 14.4. The Bertz CT molecular complexity index is 3740. The summed E-state index contributed by atoms with van der Waals surface area (Å²) in [7, 11) is 0. The standard InChI is InChI=1S/C82H110N4O4S8/c1-13-25-31-51(19-7)43-81(44-52(20-8)32-26-14-2)59-39-65(93-75(59)77-61(81)41-67(95-77)79-63(37-57(47-87)91-79)89-49-55(23-11)35-29-17-5)69-71-73(85-97-83-71)70(74-72(69)84-98-86-74)66-40-60-76(94-66)78-62(82(60,45-53(21-9)33-27-15-3)46-54(22-10)34-28-16-4)42-68(96-78)80-64(38-58(48-88)92-80)90-50-56(24-12)36-30-18-6/h37-42,47-48,51-56H,13-36,43-46,49-50H2,1-12H3. The highest BCUT2D eigenvalue weighted by atomic mass is 32.1. The Morgan fingerprint density at radius 2 is 0.673 bits per heavy atom. The van der Waals surface area contributed by atoms with Crippen molar-refractivity contribution in [1.29, 1.82) is 0 Å². The zero-order valence-electron chi connectivity index (χ0n) is 61.0. The molecule has 8 heterocycles. The van der Waals surface area contributed by atoms with Crippen LogP contribution >= 0.6 is 79.7 Å². The predicted molar refractivity (Wildman–Crippen MR) is 430 cm³/mol. The molecule has 6 atom stereocenters. The fourth-order valence-electron chi connectivity index (χ4n) is 16.6. The summed E-state index contributed by atoms with van der Waals surface area (Å²) in [6.07, 6.45) is 34.9. The van der Waals surface area contributed by atoms with Crippen molar-refractivity contribution < 1.29 is 19.1 Å². The van der Waals surface area contributed by atoms with Crippen molar-refractivity contribution in [3.63, 3.8) is 0 Å². The largest absolute Gasteiger partial charge is 0.492 e. The van der Waals surface area contributed by atoms with E-state index in [1.54, 1.807) is 22.7 Å². The first-order valence-corrected chi connectivity index (χ1v) is 44.7. The van der Waals surface area contributed by atoms with Gasteiger partial charge in [0.05, 0.1) is 55.8 Å². The van der Waals surface area contributed by atoms with Crippen LogP contribution in [0.25, 0.3) is 70.9 Å². The van der Waals surface area contributed by atoms with Crippen molar-refractivity contribution in [2.45, 2.75) is 274 Å². The lowest BCUT2D eigenvalue weighted by Crippen LogP contribution is -2.31. The number of benzene rings is 1. The van der Waals surface area contributed by atoms with Gasteiger partial charge in [-0.2, -0.15) is 17.5 Å². The number of unbranched alkanes of at least 4 members (excludes halogenated alkanes) is 6. The van der Waals surface area contributed by atoms with E-state index in [1.165, 1.54) is 187 Å². The quantitative estimate of drug-likeness (QED) is 0.0353. The van der Waals surface area contributed by atoms with E-state index in [9.17, 15) is 9.59 Å². The van der Waals surface area contributed by atoms with Gasteiger partial charge in [-0.1, -0.05) is 224 Å². The second kappa shape index (κ2) is 35.0. The molecule has 8 nitrogen and oxygen atoms in total. The molecular weight excluding hydrogens is 1360 g/mol. The molecule has 8 aromatic rings. The van der Waals surface area contributed by atoms with Crippen molar-refractivity contribution in [3.8, 4) is 71.4 Å². The van der Waals surface area contributed by atoms with E-state index in [4.69, 9.17) is 26.9 Å². The van der Waals surface area contributed by atoms with Crippen LogP contribution in [0.1, 0.15) is 304 Å². The first-order valence-electron chi connectivity index (χ1n) is 38.3. The lowest BCUT2D eigenvalue weighted by atomic mass is 9.65. The van der Waals surface area contributed by atoms with E-state index in [0.29, 0.717) is 48.7 Å². The Morgan fingerprint density at radius 3 is 0.969 bits per heavy atom. The zero-order valence-corrected chi connectivity index (χ0v) is 67.5. The van der Waals surface area contributed by atoms with Gasteiger partial charge in [0.1, 0.15) is 33.9 Å². The van der Waals surface area contributed by atoms with E-state index >= 15 is 0 Å². The van der Waals surface area contributed by atoms with Gasteiger partial charge in [0.25, 0.3) is 0 Å². The minimum Gasteiger partial charge on any atom is -0.492 e. The summed E-state index contributed by atoms with van der Waals surface area (Å²) >= 11 is 13.6. The molecule has 1 aromatic carbocycles. The number of aromatic nitrogens is 2. The Morgan fingerprint density at radius 1 is 0.378 bits per heavy atom. The zero-order chi connectivity index (χ0) is 69.1. The first kappa shape index (κ1) is 75.2. The molecule has 0 saturated heterocycles. The predicted octanol–water partition coefficient (Wildman–Crippen LogP) is 29.2. The molecular formula is C82H110N4O4S8. The van der Waals surface area contributed by atoms with E-state index in [1.807, 2.05) is 57.5 Å². The number of fused-ring (bicyclic) bond motifs is 8. The summed E-state index contributed by atoms with van der Waals surface area (Å²) in [5.74, 6) is 4.92. The molecule has 3 aliphatic rings. The molecule has 11 rings (SSSR count). The lowest BCUT2D eigenvalue weighted by molar-refractivity contribution is 0.111. The van der Waals surface area contributed by atoms with Crippen LogP contribution in [0, 0.1) is 35.5 Å². The van der Waals surface area contributed by atoms with Crippen LogP contribution in [0.5, 0.6) is 11.5 Å². The first-order chi connectivity index (χ1) is 47.9. The lowest BCUT2D eigenvalue weighted by Gasteiger charge is -2.37. The normalized spacial score (nSPS) is 17.8. The second-order valence-electron chi connectivity index (χ2n) is 29.1. The topological polar surface area (TPSA) is 103 Å². The molecule has 16 heteroatoms. The van der Waals surface area contributed by atoms with E-state index in [-0.39, 0.29) is 10.8 Å². The van der Waals surface area contributed by atoms with Gasteiger partial charge in [-0.05, 0) is 121 Å². The van der Waals surface area contributed by atoms with Crippen molar-refractivity contribution in [3.05, 3.63) is 68.4 Å². The minimum atomic E-state index is -0.207. The number of hydrogen-bond donors (Lipinski definition) is 0. The highest BCUT2D eigenvalue weighted by molar-refractivity contribution is 7.58. The molecule has 0 fully saturated rings. The Hall–Kier alpha value is -4.00. The molecule has 530 valence electrons. The summed E-state index contributed by atoms with van der Waals surface area (Å²) in [5.41, 5.74) is 11.3. The number of carbonyl (C=O) groups excluding carboxylic acids is 2. The average Bonchev–Trinajstić information content (AvgIpc) is 1.54. The maximum Gasteiger partial charge on any atom is 0.160 e. The van der Waals surface area contributed by atoms with Gasteiger partial charge in [-0.25, -0.2) is 0 Å². The highest BCUT2D eigenvalue weighted by Gasteiger charge is 2.51. The fraction of sp³-hybridized carbons (Fsp3) is 0.610. The number of hydrogen-bond acceptors (Lipinski definition) is 15. The molecule has 7 aromatic heterocycles. The molecule has 0 saturated carbocycles. The molecule has 2 aliphatic carbocycles. The number of rotatable bonds is 44. The molecule has 0 N–H and O–H groups in total. The van der Waals surface area contributed by atoms with E-state index in [2.05, 4.69) is 107 Å². The van der Waals surface area contributed by atoms with Crippen molar-refractivity contribution in [2.24, 2.45) is 44.2 Å². The third kappa shape index (κ3) is 15.5. The van der Waals surface area contributed by atoms with Crippen LogP contribution in [-0.2, 0) is 22.2 Å². The highest BCUT2D eigenvalue weighted by Crippen LogP contribution is 2.68. The van der Waals surface area contributed by atoms with Gasteiger partial charge >= 0.3 is 0 Å². The Kier molecular flexibility index (Phi) is 26.8. The monoisotopic (exact) mass is 1470 g/mol. The van der Waals surface area contributed by atoms with Crippen molar-refractivity contribution in [1.82, 2.24) is 8.75 Å². The maximum atomic E-state index is 12.7. The van der Waals surface area contributed by atoms with Crippen LogP contribution < -0.4 is 9.47 Å². The number of nitrogens with zero attached hydrogens (tertiary/aromatic N) is 4. The number of carbonyl (C=O) groups is 2. The van der Waals surface area contributed by atoms with Crippen LogP contribution in [0.15, 0.2) is 45.1 Å². The third-order valence-corrected chi connectivity index (χ3v) is 31.1. The fourth-order valence-corrected chi connectivity index (χ4v) is 25.2. The number of thiophene rings is 6. The van der Waals surface area contributed by atoms with Gasteiger partial charge in [-0.3, -0.25) is 9.59 Å². The summed E-state index contributed by atoms with van der Waals surface area (Å²) in [4.78, 5) is 39.4. The second-order valence-corrected chi connectivity index (χ2v) is 36.5. The molecule has 0 amide bonds. The van der Waals surface area contributed by atoms with Crippen molar-refractivity contribution in [2.75, 3.05) is 13.2 Å². The number of ether oxygens (including phenoxy) is 2. The van der Waals surface area contributed by atoms with Crippen LogP contribution in [0.4, 0.5) is 11.4 Å². The van der Waals surface area contributed by atoms with Gasteiger partial charge in [-0.15, -0.1) is 68.0 Å².